The summed E-state index contributed by atoms with van der Waals surface area (Å²) >= 11 is 0. The minimum atomic E-state index is -0.227. The number of hydrogen-bond acceptors (Lipinski definition) is 3. The highest BCUT2D eigenvalue weighted by atomic mass is 16.5. The van der Waals surface area contributed by atoms with Crippen LogP contribution >= 0.6 is 0 Å². The highest BCUT2D eigenvalue weighted by molar-refractivity contribution is 5.36. The number of allylic oxidation sites excluding steroid dienone is 1. The van der Waals surface area contributed by atoms with Gasteiger partial charge in [-0.15, -0.1) is 6.58 Å². The Morgan fingerprint density at radius 1 is 1.35 bits per heavy atom. The van der Waals surface area contributed by atoms with Crippen LogP contribution in [0.2, 0.25) is 0 Å². The Kier molecular flexibility index (Phi) is 6.24. The van der Waals surface area contributed by atoms with E-state index in [4.69, 9.17) is 4.74 Å². The molecule has 0 bridgehead atoms. The van der Waals surface area contributed by atoms with Gasteiger partial charge in [-0.05, 0) is 57.0 Å². The predicted octanol–water partition coefficient (Wildman–Crippen LogP) is 3.02. The van der Waals surface area contributed by atoms with Gasteiger partial charge in [-0.1, -0.05) is 12.1 Å². The third-order valence-electron chi connectivity index (χ3n) is 3.86. The quantitative estimate of drug-likeness (QED) is 0.741. The first-order chi connectivity index (χ1) is 9.44. The molecule has 0 aromatic heterocycles. The van der Waals surface area contributed by atoms with E-state index >= 15 is 0 Å². The summed E-state index contributed by atoms with van der Waals surface area (Å²) < 4.78 is 5.30. The van der Waals surface area contributed by atoms with E-state index < -0.39 is 0 Å². The summed E-state index contributed by atoms with van der Waals surface area (Å²) in [5.41, 5.74) is 2.33. The third-order valence-corrected chi connectivity index (χ3v) is 3.86. The Morgan fingerprint density at radius 3 is 2.60 bits per heavy atom. The molecule has 0 heterocycles. The SMILES string of the molecule is C=CCCc1cc(OC)ccc1CN(C)C(C)(C)CO. The van der Waals surface area contributed by atoms with Crippen LogP contribution in [0.15, 0.2) is 30.9 Å². The van der Waals surface area contributed by atoms with Crippen molar-refractivity contribution in [1.29, 1.82) is 0 Å². The van der Waals surface area contributed by atoms with Crippen LogP contribution in [0.4, 0.5) is 0 Å². The van der Waals surface area contributed by atoms with Crippen molar-refractivity contribution < 1.29 is 9.84 Å². The molecule has 0 spiro atoms. The van der Waals surface area contributed by atoms with Crippen LogP contribution in [-0.4, -0.2) is 36.3 Å². The van der Waals surface area contributed by atoms with E-state index in [9.17, 15) is 5.11 Å². The lowest BCUT2D eigenvalue weighted by Gasteiger charge is -2.34. The van der Waals surface area contributed by atoms with Gasteiger partial charge >= 0.3 is 0 Å². The van der Waals surface area contributed by atoms with Crippen LogP contribution in [0.3, 0.4) is 0 Å². The van der Waals surface area contributed by atoms with E-state index in [2.05, 4.69) is 23.6 Å². The molecule has 3 nitrogen and oxygen atoms in total. The van der Waals surface area contributed by atoms with Crippen LogP contribution in [0, 0.1) is 0 Å². The van der Waals surface area contributed by atoms with E-state index in [0.717, 1.165) is 25.1 Å². The summed E-state index contributed by atoms with van der Waals surface area (Å²) in [5.74, 6) is 0.886. The topological polar surface area (TPSA) is 32.7 Å². The number of likely N-dealkylation sites (N-methyl/N-ethyl adjacent to an activating group) is 1. The average Bonchev–Trinajstić information content (AvgIpc) is 2.45. The number of benzene rings is 1. The van der Waals surface area contributed by atoms with E-state index in [1.807, 2.05) is 33.0 Å². The standard InChI is InChI=1S/C17H27NO2/c1-6-7-8-14-11-16(20-5)10-9-15(14)12-18(4)17(2,3)13-19/h6,9-11,19H,1,7-8,12-13H2,2-5H3. The van der Waals surface area contributed by atoms with E-state index in [1.165, 1.54) is 11.1 Å². The second kappa shape index (κ2) is 7.46. The lowest BCUT2D eigenvalue weighted by atomic mass is 9.99. The zero-order valence-corrected chi connectivity index (χ0v) is 13.1. The third kappa shape index (κ3) is 4.36. The number of aliphatic hydroxyl groups is 1. The summed E-state index contributed by atoms with van der Waals surface area (Å²) in [6.45, 7) is 8.82. The minimum Gasteiger partial charge on any atom is -0.497 e. The molecule has 1 rings (SSSR count). The first-order valence-electron chi connectivity index (χ1n) is 7.03. The van der Waals surface area contributed by atoms with Gasteiger partial charge in [0.2, 0.25) is 0 Å². The number of hydrogen-bond donors (Lipinski definition) is 1. The van der Waals surface area contributed by atoms with Crippen molar-refractivity contribution in [3.05, 3.63) is 42.0 Å². The minimum absolute atomic E-state index is 0.141. The summed E-state index contributed by atoms with van der Waals surface area (Å²) in [5, 5.41) is 9.46. The van der Waals surface area contributed by atoms with Gasteiger partial charge in [0.1, 0.15) is 5.75 Å². The fourth-order valence-corrected chi connectivity index (χ4v) is 1.96. The molecule has 112 valence electrons. The Hall–Kier alpha value is -1.32. The second-order valence-corrected chi connectivity index (χ2v) is 5.79. The number of ether oxygens (including phenoxy) is 1. The lowest BCUT2D eigenvalue weighted by molar-refractivity contribution is 0.0732. The Bertz CT molecular complexity index is 441. The van der Waals surface area contributed by atoms with Gasteiger partial charge in [0.15, 0.2) is 0 Å². The zero-order chi connectivity index (χ0) is 15.2. The predicted molar refractivity (Wildman–Crippen MR) is 84.1 cm³/mol. The van der Waals surface area contributed by atoms with Crippen LogP contribution in [0.5, 0.6) is 5.75 Å². The molecule has 1 aromatic rings. The lowest BCUT2D eigenvalue weighted by Crippen LogP contribution is -2.43. The first-order valence-corrected chi connectivity index (χ1v) is 7.03. The molecule has 3 heteroatoms. The Labute approximate surface area is 122 Å². The molecule has 0 aliphatic heterocycles. The van der Waals surface area contributed by atoms with Gasteiger partial charge in [-0.2, -0.15) is 0 Å². The van der Waals surface area contributed by atoms with Crippen LogP contribution < -0.4 is 4.74 Å². The van der Waals surface area contributed by atoms with Gasteiger partial charge in [-0.25, -0.2) is 0 Å². The highest BCUT2D eigenvalue weighted by Crippen LogP contribution is 2.23. The van der Waals surface area contributed by atoms with Gasteiger partial charge in [-0.3, -0.25) is 4.90 Å². The Morgan fingerprint density at radius 2 is 2.05 bits per heavy atom. The van der Waals surface area contributed by atoms with Crippen molar-refractivity contribution in [2.24, 2.45) is 0 Å². The summed E-state index contributed by atoms with van der Waals surface area (Å²) in [4.78, 5) is 2.17. The van der Waals surface area contributed by atoms with Crippen molar-refractivity contribution in [2.45, 2.75) is 38.8 Å². The average molecular weight is 277 g/mol. The van der Waals surface area contributed by atoms with Gasteiger partial charge in [0.05, 0.1) is 13.7 Å². The van der Waals surface area contributed by atoms with Crippen molar-refractivity contribution >= 4 is 0 Å². The van der Waals surface area contributed by atoms with Gasteiger partial charge in [0.25, 0.3) is 0 Å². The molecular weight excluding hydrogens is 250 g/mol. The number of nitrogens with zero attached hydrogens (tertiary/aromatic N) is 1. The molecule has 1 aromatic carbocycles. The van der Waals surface area contributed by atoms with Gasteiger partial charge < -0.3 is 9.84 Å². The smallest absolute Gasteiger partial charge is 0.119 e. The maximum atomic E-state index is 9.46. The molecule has 0 radical (unpaired) electrons. The van der Waals surface area contributed by atoms with Crippen molar-refractivity contribution in [2.75, 3.05) is 20.8 Å². The van der Waals surface area contributed by atoms with E-state index in [0.29, 0.717) is 0 Å². The summed E-state index contributed by atoms with van der Waals surface area (Å²) in [7, 11) is 3.73. The van der Waals surface area contributed by atoms with Gasteiger partial charge in [0, 0.05) is 12.1 Å². The van der Waals surface area contributed by atoms with Crippen LogP contribution in [0.25, 0.3) is 0 Å². The normalized spacial score (nSPS) is 11.7. The second-order valence-electron chi connectivity index (χ2n) is 5.79. The van der Waals surface area contributed by atoms with Crippen molar-refractivity contribution in [3.63, 3.8) is 0 Å². The summed E-state index contributed by atoms with van der Waals surface area (Å²) in [6.07, 6.45) is 3.85. The van der Waals surface area contributed by atoms with Crippen LogP contribution in [-0.2, 0) is 13.0 Å². The highest BCUT2D eigenvalue weighted by Gasteiger charge is 2.23. The molecule has 0 atom stereocenters. The number of aryl methyl sites for hydroxylation is 1. The number of methoxy groups -OCH3 is 1. The summed E-state index contributed by atoms with van der Waals surface area (Å²) in [6, 6.07) is 6.20. The number of aliphatic hydroxyl groups excluding tert-OH is 1. The van der Waals surface area contributed by atoms with Crippen molar-refractivity contribution in [1.82, 2.24) is 4.90 Å². The molecule has 0 amide bonds. The number of rotatable bonds is 8. The maximum Gasteiger partial charge on any atom is 0.119 e. The maximum absolute atomic E-state index is 9.46. The molecule has 20 heavy (non-hydrogen) atoms. The zero-order valence-electron chi connectivity index (χ0n) is 13.1. The van der Waals surface area contributed by atoms with Crippen molar-refractivity contribution in [3.8, 4) is 5.75 Å². The first kappa shape index (κ1) is 16.7. The molecule has 0 aliphatic carbocycles. The van der Waals surface area contributed by atoms with E-state index in [-0.39, 0.29) is 12.1 Å². The molecule has 0 unspecified atom stereocenters. The van der Waals surface area contributed by atoms with E-state index in [1.54, 1.807) is 7.11 Å². The monoisotopic (exact) mass is 277 g/mol. The largest absolute Gasteiger partial charge is 0.497 e. The molecule has 0 aliphatic rings. The fourth-order valence-electron chi connectivity index (χ4n) is 1.96. The Balaban J connectivity index is 2.95. The fraction of sp³-hybridized carbons (Fsp3) is 0.529. The molecule has 0 saturated carbocycles. The molecule has 0 saturated heterocycles. The molecular formula is C17H27NO2. The molecule has 1 N–H and O–H groups in total. The van der Waals surface area contributed by atoms with Crippen LogP contribution in [0.1, 0.15) is 31.4 Å². The molecule has 0 fully saturated rings.